The standard InChI is InChI=1S/C9H15N3O3/c1-6(5-11(2)3)12-8(14)4-7(13)10-9(12)15/h6H,4-5H2,1-3H3,(H,10,13,15). The van der Waals surface area contributed by atoms with Crippen molar-refractivity contribution in [3.8, 4) is 0 Å². The Kier molecular flexibility index (Phi) is 3.41. The molecule has 0 aromatic rings. The summed E-state index contributed by atoms with van der Waals surface area (Å²) < 4.78 is 0. The predicted molar refractivity (Wildman–Crippen MR) is 53.0 cm³/mol. The predicted octanol–water partition coefficient (Wildman–Crippen LogP) is -0.595. The van der Waals surface area contributed by atoms with Crippen LogP contribution in [0.3, 0.4) is 0 Å². The fourth-order valence-electron chi connectivity index (χ4n) is 1.62. The van der Waals surface area contributed by atoms with Gasteiger partial charge in [-0.3, -0.25) is 19.8 Å². The molecular formula is C9H15N3O3. The summed E-state index contributed by atoms with van der Waals surface area (Å²) in [5.74, 6) is -0.962. The molecule has 0 radical (unpaired) electrons. The lowest BCUT2D eigenvalue weighted by Crippen LogP contribution is -2.57. The molecule has 0 aliphatic carbocycles. The van der Waals surface area contributed by atoms with Gasteiger partial charge in [0.05, 0.1) is 6.04 Å². The second-order valence-electron chi connectivity index (χ2n) is 3.91. The SMILES string of the molecule is CC(CN(C)C)N1C(=O)CC(=O)NC1=O. The van der Waals surface area contributed by atoms with Crippen molar-refractivity contribution in [2.24, 2.45) is 0 Å². The van der Waals surface area contributed by atoms with Crippen LogP contribution in [0.5, 0.6) is 0 Å². The molecule has 1 heterocycles. The minimum atomic E-state index is -0.620. The number of nitrogens with one attached hydrogen (secondary N) is 1. The van der Waals surface area contributed by atoms with Crippen LogP contribution in [0.15, 0.2) is 0 Å². The highest BCUT2D eigenvalue weighted by molar-refractivity contribution is 6.14. The maximum atomic E-state index is 11.5. The van der Waals surface area contributed by atoms with Gasteiger partial charge >= 0.3 is 6.03 Å². The summed E-state index contributed by atoms with van der Waals surface area (Å²) in [6.07, 6.45) is -0.247. The van der Waals surface area contributed by atoms with Gasteiger partial charge in [-0.2, -0.15) is 0 Å². The van der Waals surface area contributed by atoms with E-state index in [-0.39, 0.29) is 12.5 Å². The van der Waals surface area contributed by atoms with Gasteiger partial charge in [-0.25, -0.2) is 4.79 Å². The van der Waals surface area contributed by atoms with Crippen molar-refractivity contribution in [1.29, 1.82) is 0 Å². The average molecular weight is 213 g/mol. The fraction of sp³-hybridized carbons (Fsp3) is 0.667. The molecule has 4 amide bonds. The van der Waals surface area contributed by atoms with Gasteiger partial charge < -0.3 is 4.90 Å². The van der Waals surface area contributed by atoms with E-state index in [1.165, 1.54) is 0 Å². The number of carbonyl (C=O) groups is 3. The molecule has 6 nitrogen and oxygen atoms in total. The highest BCUT2D eigenvalue weighted by atomic mass is 16.2. The highest BCUT2D eigenvalue weighted by Gasteiger charge is 2.34. The minimum Gasteiger partial charge on any atom is -0.307 e. The molecule has 0 saturated carbocycles. The third-order valence-electron chi connectivity index (χ3n) is 2.12. The summed E-state index contributed by atoms with van der Waals surface area (Å²) in [5.41, 5.74) is 0. The van der Waals surface area contributed by atoms with E-state index in [2.05, 4.69) is 5.32 Å². The molecule has 15 heavy (non-hydrogen) atoms. The molecule has 1 rings (SSSR count). The summed E-state index contributed by atoms with van der Waals surface area (Å²) in [4.78, 5) is 36.7. The average Bonchev–Trinajstić information content (AvgIpc) is 1.99. The Balaban J connectivity index is 2.71. The number of imide groups is 2. The molecule has 0 aromatic heterocycles. The van der Waals surface area contributed by atoms with Crippen molar-refractivity contribution in [1.82, 2.24) is 15.1 Å². The van der Waals surface area contributed by atoms with Gasteiger partial charge in [0.1, 0.15) is 6.42 Å². The van der Waals surface area contributed by atoms with Crippen molar-refractivity contribution in [3.63, 3.8) is 0 Å². The molecule has 1 fully saturated rings. The summed E-state index contributed by atoms with van der Waals surface area (Å²) in [5, 5.41) is 2.12. The summed E-state index contributed by atoms with van der Waals surface area (Å²) in [6.45, 7) is 2.35. The Morgan fingerprint density at radius 3 is 2.47 bits per heavy atom. The third-order valence-corrected chi connectivity index (χ3v) is 2.12. The van der Waals surface area contributed by atoms with Gasteiger partial charge in [0.25, 0.3) is 0 Å². The Morgan fingerprint density at radius 2 is 2.00 bits per heavy atom. The van der Waals surface area contributed by atoms with Crippen molar-refractivity contribution in [2.75, 3.05) is 20.6 Å². The second-order valence-corrected chi connectivity index (χ2v) is 3.91. The molecule has 1 atom stereocenters. The van der Waals surface area contributed by atoms with Crippen LogP contribution in [0.2, 0.25) is 0 Å². The Bertz CT molecular complexity index is 281. The topological polar surface area (TPSA) is 69.7 Å². The zero-order valence-corrected chi connectivity index (χ0v) is 9.11. The van der Waals surface area contributed by atoms with E-state index < -0.39 is 17.8 Å². The van der Waals surface area contributed by atoms with E-state index in [0.717, 1.165) is 4.90 Å². The summed E-state index contributed by atoms with van der Waals surface area (Å²) in [7, 11) is 3.71. The van der Waals surface area contributed by atoms with E-state index >= 15 is 0 Å². The van der Waals surface area contributed by atoms with Gasteiger partial charge in [0.15, 0.2) is 0 Å². The minimum absolute atomic E-state index is 0.236. The molecule has 1 aliphatic heterocycles. The Labute approximate surface area is 88.2 Å². The van der Waals surface area contributed by atoms with Gasteiger partial charge in [-0.05, 0) is 21.0 Å². The van der Waals surface area contributed by atoms with Crippen LogP contribution in [-0.4, -0.2) is 54.3 Å². The lowest BCUT2D eigenvalue weighted by Gasteiger charge is -2.31. The summed E-state index contributed by atoms with van der Waals surface area (Å²) in [6, 6.07) is -0.855. The van der Waals surface area contributed by atoms with Crippen LogP contribution in [0.25, 0.3) is 0 Å². The van der Waals surface area contributed by atoms with Crippen LogP contribution in [-0.2, 0) is 9.59 Å². The molecule has 1 aliphatic rings. The van der Waals surface area contributed by atoms with E-state index in [4.69, 9.17) is 0 Å². The Hall–Kier alpha value is -1.43. The van der Waals surface area contributed by atoms with Gasteiger partial charge in [-0.15, -0.1) is 0 Å². The zero-order chi connectivity index (χ0) is 11.6. The Morgan fingerprint density at radius 1 is 1.40 bits per heavy atom. The van der Waals surface area contributed by atoms with Crippen molar-refractivity contribution in [3.05, 3.63) is 0 Å². The second kappa shape index (κ2) is 4.39. The van der Waals surface area contributed by atoms with Crippen molar-refractivity contribution in [2.45, 2.75) is 19.4 Å². The molecule has 0 bridgehead atoms. The number of carbonyl (C=O) groups excluding carboxylic acids is 3. The van der Waals surface area contributed by atoms with Crippen LogP contribution in [0.1, 0.15) is 13.3 Å². The number of amides is 4. The first-order chi connectivity index (χ1) is 6.91. The molecule has 0 aromatic carbocycles. The molecule has 1 unspecified atom stereocenters. The van der Waals surface area contributed by atoms with E-state index in [0.29, 0.717) is 6.54 Å². The first-order valence-corrected chi connectivity index (χ1v) is 4.72. The van der Waals surface area contributed by atoms with Gasteiger partial charge in [0, 0.05) is 6.54 Å². The number of hydrogen-bond acceptors (Lipinski definition) is 4. The molecule has 1 N–H and O–H groups in total. The number of nitrogens with zero attached hydrogens (tertiary/aromatic N) is 2. The highest BCUT2D eigenvalue weighted by Crippen LogP contribution is 2.08. The maximum absolute atomic E-state index is 11.5. The lowest BCUT2D eigenvalue weighted by atomic mass is 10.2. The smallest absolute Gasteiger partial charge is 0.307 e. The number of urea groups is 1. The lowest BCUT2D eigenvalue weighted by molar-refractivity contribution is -0.137. The monoisotopic (exact) mass is 213 g/mol. The molecule has 1 saturated heterocycles. The number of rotatable bonds is 3. The van der Waals surface area contributed by atoms with Crippen LogP contribution in [0.4, 0.5) is 4.79 Å². The van der Waals surface area contributed by atoms with Gasteiger partial charge in [0.2, 0.25) is 11.8 Å². The van der Waals surface area contributed by atoms with Crippen LogP contribution in [0, 0.1) is 0 Å². The zero-order valence-electron chi connectivity index (χ0n) is 9.11. The first-order valence-electron chi connectivity index (χ1n) is 4.72. The quantitative estimate of drug-likeness (QED) is 0.636. The van der Waals surface area contributed by atoms with Crippen LogP contribution >= 0.6 is 0 Å². The number of hydrogen-bond donors (Lipinski definition) is 1. The van der Waals surface area contributed by atoms with Gasteiger partial charge in [-0.1, -0.05) is 0 Å². The first kappa shape index (κ1) is 11.6. The fourth-order valence-corrected chi connectivity index (χ4v) is 1.62. The van der Waals surface area contributed by atoms with E-state index in [1.807, 2.05) is 19.0 Å². The van der Waals surface area contributed by atoms with E-state index in [1.54, 1.807) is 6.92 Å². The largest absolute Gasteiger partial charge is 0.331 e. The molecule has 0 spiro atoms. The molecule has 6 heteroatoms. The number of barbiturate groups is 1. The van der Waals surface area contributed by atoms with E-state index in [9.17, 15) is 14.4 Å². The normalized spacial score (nSPS) is 19.5. The number of likely N-dealkylation sites (N-methyl/N-ethyl adjacent to an activating group) is 1. The molecule has 84 valence electrons. The summed E-state index contributed by atoms with van der Waals surface area (Å²) >= 11 is 0. The maximum Gasteiger partial charge on any atom is 0.331 e. The van der Waals surface area contributed by atoms with Crippen molar-refractivity contribution < 1.29 is 14.4 Å². The van der Waals surface area contributed by atoms with Crippen LogP contribution < -0.4 is 5.32 Å². The third kappa shape index (κ3) is 2.76. The molecular weight excluding hydrogens is 198 g/mol. The van der Waals surface area contributed by atoms with Crippen molar-refractivity contribution >= 4 is 17.8 Å².